The number of rotatable bonds is 12. The Bertz CT molecular complexity index is 2170. The largest absolute Gasteiger partial charge is 0.378 e. The number of alkyl halides is 2. The van der Waals surface area contributed by atoms with Crippen molar-refractivity contribution in [1.29, 1.82) is 0 Å². The number of benzene rings is 4. The van der Waals surface area contributed by atoms with E-state index in [0.29, 0.717) is 75.1 Å². The van der Waals surface area contributed by atoms with Crippen molar-refractivity contribution in [3.8, 4) is 0 Å². The zero-order chi connectivity index (χ0) is 44.1. The number of anilines is 2. The Kier molecular flexibility index (Phi) is 17.0. The second kappa shape index (κ2) is 22.3. The molecular weight excluding hydrogens is 847 g/mol. The Labute approximate surface area is 358 Å². The molecule has 19 heteroatoms. The van der Waals surface area contributed by atoms with Crippen molar-refractivity contribution >= 4 is 64.1 Å². The number of hydrogen-bond donors (Lipinski definition) is 2. The van der Waals surface area contributed by atoms with Gasteiger partial charge >= 0.3 is 18.5 Å². The summed E-state index contributed by atoms with van der Waals surface area (Å²) in [6.07, 6.45) is -3.20. The number of Topliss-reactive ketones (excluding diaryl/α,β-unsaturated/α-hetero) is 2. The van der Waals surface area contributed by atoms with Gasteiger partial charge in [-0.05, 0) is 47.5 Å². The van der Waals surface area contributed by atoms with Gasteiger partial charge in [0, 0.05) is 48.7 Å². The third-order valence-corrected chi connectivity index (χ3v) is 10.1. The number of carbonyl (C=O) groups is 5. The third-order valence-electron chi connectivity index (χ3n) is 9.49. The number of nitrogens with zero attached hydrogens (tertiary/aromatic N) is 4. The number of morpholine rings is 2. The zero-order valence-corrected chi connectivity index (χ0v) is 34.1. The number of ketones is 2. The highest BCUT2D eigenvalue weighted by Gasteiger charge is 2.27. The fourth-order valence-electron chi connectivity index (χ4n) is 6.12. The second-order valence-corrected chi connectivity index (χ2v) is 14.4. The van der Waals surface area contributed by atoms with Crippen molar-refractivity contribution < 1.29 is 51.0 Å². The van der Waals surface area contributed by atoms with Crippen molar-refractivity contribution in [3.05, 3.63) is 129 Å². The van der Waals surface area contributed by atoms with E-state index in [4.69, 9.17) is 38.4 Å². The van der Waals surface area contributed by atoms with Gasteiger partial charge in [0.2, 0.25) is 0 Å². The number of urea groups is 2. The molecule has 2 aliphatic rings. The minimum Gasteiger partial charge on any atom is -0.378 e. The summed E-state index contributed by atoms with van der Waals surface area (Å²) in [5.74, 6) is -3.37. The SMILES string of the molecule is NCC(=O)c1ccc(CN(C(=O)N2CCOCC2)c2ccc(F)c(Cl)c2)cc1.O=C(CNC(=O)C(F)F)c1ccc(CN(C(=O)N2CCOCC2)c2ccc(F)c(Cl)c2)cc1. The molecule has 13 nitrogen and oxygen atoms in total. The second-order valence-electron chi connectivity index (χ2n) is 13.6. The van der Waals surface area contributed by atoms with Gasteiger partial charge in [-0.2, -0.15) is 8.78 Å². The number of nitrogens with one attached hydrogen (secondary N) is 1. The topological polar surface area (TPSA) is 155 Å². The molecular formula is C42H42Cl2F4N6O7. The molecule has 4 aromatic rings. The molecule has 0 radical (unpaired) electrons. The number of carbonyl (C=O) groups excluding carboxylic acids is 5. The van der Waals surface area contributed by atoms with Crippen LogP contribution in [-0.2, 0) is 27.4 Å². The van der Waals surface area contributed by atoms with E-state index >= 15 is 0 Å². The van der Waals surface area contributed by atoms with Gasteiger partial charge in [0.1, 0.15) is 11.6 Å². The summed E-state index contributed by atoms with van der Waals surface area (Å²) < 4.78 is 62.3. The molecule has 2 fully saturated rings. The van der Waals surface area contributed by atoms with Crippen LogP contribution in [0.3, 0.4) is 0 Å². The first-order valence-corrected chi connectivity index (χ1v) is 19.7. The molecule has 0 aromatic heterocycles. The zero-order valence-electron chi connectivity index (χ0n) is 32.6. The first-order chi connectivity index (χ1) is 29.2. The molecule has 324 valence electrons. The van der Waals surface area contributed by atoms with Crippen LogP contribution in [0.2, 0.25) is 10.0 Å². The van der Waals surface area contributed by atoms with Gasteiger partial charge < -0.3 is 30.3 Å². The lowest BCUT2D eigenvalue weighted by atomic mass is 10.1. The van der Waals surface area contributed by atoms with Gasteiger partial charge in [0.05, 0.1) is 62.7 Å². The van der Waals surface area contributed by atoms with Gasteiger partial charge in [0.25, 0.3) is 5.91 Å². The van der Waals surface area contributed by atoms with Gasteiger partial charge in [-0.3, -0.25) is 24.2 Å². The predicted molar refractivity (Wildman–Crippen MR) is 220 cm³/mol. The van der Waals surface area contributed by atoms with E-state index in [0.717, 1.165) is 5.56 Å². The van der Waals surface area contributed by atoms with Crippen molar-refractivity contribution in [2.45, 2.75) is 19.5 Å². The highest BCUT2D eigenvalue weighted by molar-refractivity contribution is 6.31. The number of hydrogen-bond acceptors (Lipinski definition) is 8. The first kappa shape index (κ1) is 46.5. The molecule has 0 saturated carbocycles. The minimum absolute atomic E-state index is 0.0545. The van der Waals surface area contributed by atoms with Crippen molar-refractivity contribution in [3.63, 3.8) is 0 Å². The molecule has 61 heavy (non-hydrogen) atoms. The van der Waals surface area contributed by atoms with E-state index in [1.807, 2.05) is 5.32 Å². The molecule has 0 unspecified atom stereocenters. The summed E-state index contributed by atoms with van der Waals surface area (Å²) in [7, 11) is 0. The van der Waals surface area contributed by atoms with E-state index in [1.165, 1.54) is 58.3 Å². The lowest BCUT2D eigenvalue weighted by molar-refractivity contribution is -0.131. The van der Waals surface area contributed by atoms with Crippen LogP contribution in [0.4, 0.5) is 38.5 Å². The summed E-state index contributed by atoms with van der Waals surface area (Å²) in [6.45, 7) is 3.26. The molecule has 0 bridgehead atoms. The highest BCUT2D eigenvalue weighted by Crippen LogP contribution is 2.27. The maximum absolute atomic E-state index is 13.7. The molecule has 6 rings (SSSR count). The first-order valence-electron chi connectivity index (χ1n) is 18.9. The molecule has 5 amide bonds. The average Bonchev–Trinajstić information content (AvgIpc) is 3.28. The number of ether oxygens (including phenoxy) is 2. The summed E-state index contributed by atoms with van der Waals surface area (Å²) >= 11 is 11.8. The number of nitrogens with two attached hydrogens (primary N) is 1. The van der Waals surface area contributed by atoms with Crippen molar-refractivity contribution in [2.75, 3.05) is 75.5 Å². The van der Waals surface area contributed by atoms with Crippen LogP contribution >= 0.6 is 23.2 Å². The molecule has 0 atom stereocenters. The minimum atomic E-state index is -3.20. The Morgan fingerprint density at radius 1 is 0.639 bits per heavy atom. The Morgan fingerprint density at radius 3 is 1.39 bits per heavy atom. The average molecular weight is 890 g/mol. The van der Waals surface area contributed by atoms with Gasteiger partial charge in [-0.15, -0.1) is 0 Å². The highest BCUT2D eigenvalue weighted by atomic mass is 35.5. The lowest BCUT2D eigenvalue weighted by Gasteiger charge is -2.33. The summed E-state index contributed by atoms with van der Waals surface area (Å²) in [4.78, 5) is 67.3. The summed E-state index contributed by atoms with van der Waals surface area (Å²) in [5, 5.41) is 1.68. The molecule has 0 aliphatic carbocycles. The molecule has 4 aromatic carbocycles. The summed E-state index contributed by atoms with van der Waals surface area (Å²) in [6, 6.07) is 20.7. The van der Waals surface area contributed by atoms with Gasteiger partial charge in [-0.25, -0.2) is 18.4 Å². The lowest BCUT2D eigenvalue weighted by Crippen LogP contribution is -2.48. The van der Waals surface area contributed by atoms with E-state index in [2.05, 4.69) is 0 Å². The quantitative estimate of drug-likeness (QED) is 0.120. The normalized spacial score (nSPS) is 13.8. The van der Waals surface area contributed by atoms with Crippen LogP contribution in [0.25, 0.3) is 0 Å². The Hall–Kier alpha value is -5.59. The fourth-order valence-corrected chi connectivity index (χ4v) is 6.47. The predicted octanol–water partition coefficient (Wildman–Crippen LogP) is 6.58. The number of amides is 5. The monoisotopic (exact) mass is 888 g/mol. The van der Waals surface area contributed by atoms with Crippen LogP contribution in [0.1, 0.15) is 31.8 Å². The smallest absolute Gasteiger partial charge is 0.324 e. The van der Waals surface area contributed by atoms with Crippen LogP contribution in [-0.4, -0.2) is 111 Å². The maximum Gasteiger partial charge on any atom is 0.324 e. The molecule has 2 saturated heterocycles. The van der Waals surface area contributed by atoms with Gasteiger partial charge in [0.15, 0.2) is 11.6 Å². The fraction of sp³-hybridized carbons (Fsp3) is 0.310. The van der Waals surface area contributed by atoms with E-state index < -0.39 is 36.3 Å². The van der Waals surface area contributed by atoms with E-state index in [9.17, 15) is 41.5 Å². The molecule has 0 spiro atoms. The maximum atomic E-state index is 13.7. The van der Waals surface area contributed by atoms with Crippen molar-refractivity contribution in [1.82, 2.24) is 15.1 Å². The summed E-state index contributed by atoms with van der Waals surface area (Å²) in [5.41, 5.74) is 8.47. The molecule has 2 aliphatic heterocycles. The Balaban J connectivity index is 0.000000234. The molecule has 3 N–H and O–H groups in total. The third kappa shape index (κ3) is 13.0. The Morgan fingerprint density at radius 2 is 1.03 bits per heavy atom. The van der Waals surface area contributed by atoms with Crippen LogP contribution in [0.15, 0.2) is 84.9 Å². The standard InChI is InChI=1S/C22H21ClF3N3O4.C20H21ClFN3O3/c23-17-11-16(5-6-18(17)24)29(22(32)28-7-9-33-10-8-28)13-14-1-3-15(4-2-14)19(30)12-27-21(31)20(25)26;21-17-11-16(5-6-18(17)22)25(20(27)24-7-9-28-10-8-24)13-14-1-3-15(4-2-14)19(26)12-23/h1-6,11,20H,7-10,12-13H2,(H,27,31);1-6,11H,7-10,12-13,23H2. The van der Waals surface area contributed by atoms with Gasteiger partial charge in [-0.1, -0.05) is 71.7 Å². The van der Waals surface area contributed by atoms with Crippen LogP contribution in [0, 0.1) is 11.6 Å². The molecule has 2 heterocycles. The number of halogens is 6. The van der Waals surface area contributed by atoms with Crippen LogP contribution < -0.4 is 20.9 Å². The van der Waals surface area contributed by atoms with E-state index in [-0.39, 0.29) is 53.1 Å². The van der Waals surface area contributed by atoms with Crippen molar-refractivity contribution in [2.24, 2.45) is 5.73 Å². The van der Waals surface area contributed by atoms with Crippen LogP contribution in [0.5, 0.6) is 0 Å². The van der Waals surface area contributed by atoms with E-state index in [1.54, 1.807) is 46.2 Å².